The lowest BCUT2D eigenvalue weighted by Crippen LogP contribution is -2.26. The first kappa shape index (κ1) is 18.9. The van der Waals surface area contributed by atoms with Gasteiger partial charge in [0.05, 0.1) is 6.61 Å². The molecule has 1 aliphatic rings. The Morgan fingerprint density at radius 2 is 1.86 bits per heavy atom. The molecule has 126 valence electrons. The fourth-order valence-electron chi connectivity index (χ4n) is 2.80. The predicted octanol–water partition coefficient (Wildman–Crippen LogP) is 4.84. The summed E-state index contributed by atoms with van der Waals surface area (Å²) in [5.41, 5.74) is 0.944. The van der Waals surface area contributed by atoms with Crippen LogP contribution in [0.2, 0.25) is 0 Å². The van der Waals surface area contributed by atoms with Gasteiger partial charge in [-0.05, 0) is 44.9 Å². The topological polar surface area (TPSA) is 43.4 Å². The van der Waals surface area contributed by atoms with Crippen molar-refractivity contribution in [2.45, 2.75) is 79.1 Å². The molecule has 0 spiro atoms. The zero-order valence-electron chi connectivity index (χ0n) is 14.7. The van der Waals surface area contributed by atoms with Gasteiger partial charge in [-0.15, -0.1) is 0 Å². The molecule has 0 saturated carbocycles. The van der Waals surface area contributed by atoms with Crippen LogP contribution in [-0.4, -0.2) is 18.4 Å². The molecule has 0 aliphatic carbocycles. The van der Waals surface area contributed by atoms with Gasteiger partial charge in [-0.2, -0.15) is 0 Å². The van der Waals surface area contributed by atoms with Gasteiger partial charge in [0, 0.05) is 18.3 Å². The van der Waals surface area contributed by atoms with Gasteiger partial charge >= 0.3 is 5.97 Å². The third-order valence-corrected chi connectivity index (χ3v) is 4.71. The van der Waals surface area contributed by atoms with Crippen LogP contribution in [0, 0.1) is 11.3 Å². The minimum absolute atomic E-state index is 0.188. The van der Waals surface area contributed by atoms with Gasteiger partial charge in [0.25, 0.3) is 0 Å². The van der Waals surface area contributed by atoms with Crippen molar-refractivity contribution in [3.05, 3.63) is 11.6 Å². The second-order valence-corrected chi connectivity index (χ2v) is 7.40. The molecule has 3 nitrogen and oxygen atoms in total. The van der Waals surface area contributed by atoms with Crippen LogP contribution in [0.25, 0.3) is 0 Å². The number of hydrogen-bond acceptors (Lipinski definition) is 3. The summed E-state index contributed by atoms with van der Waals surface area (Å²) in [6.07, 6.45) is 8.89. The van der Waals surface area contributed by atoms with Crippen LogP contribution in [-0.2, 0) is 14.3 Å². The van der Waals surface area contributed by atoms with E-state index in [0.717, 1.165) is 19.3 Å². The first-order chi connectivity index (χ1) is 10.3. The number of rotatable bonds is 0. The highest BCUT2D eigenvalue weighted by Gasteiger charge is 2.28. The number of carbonyl (C=O) groups excluding carboxylic acids is 2. The van der Waals surface area contributed by atoms with E-state index in [1.54, 1.807) is 0 Å². The van der Waals surface area contributed by atoms with E-state index in [-0.39, 0.29) is 11.8 Å². The summed E-state index contributed by atoms with van der Waals surface area (Å²) >= 11 is 0. The van der Waals surface area contributed by atoms with Gasteiger partial charge in [0.15, 0.2) is 0 Å². The Labute approximate surface area is 135 Å². The van der Waals surface area contributed by atoms with Crippen molar-refractivity contribution < 1.29 is 14.3 Å². The van der Waals surface area contributed by atoms with Crippen molar-refractivity contribution in [2.24, 2.45) is 11.3 Å². The Morgan fingerprint density at radius 3 is 2.59 bits per heavy atom. The van der Waals surface area contributed by atoms with Crippen LogP contribution in [0.1, 0.15) is 79.1 Å². The first-order valence-electron chi connectivity index (χ1n) is 8.66. The number of carbonyl (C=O) groups is 2. The highest BCUT2D eigenvalue weighted by Crippen LogP contribution is 2.28. The van der Waals surface area contributed by atoms with Gasteiger partial charge in [-0.25, -0.2) is 0 Å². The van der Waals surface area contributed by atoms with Gasteiger partial charge < -0.3 is 4.74 Å². The maximum absolute atomic E-state index is 12.4. The summed E-state index contributed by atoms with van der Waals surface area (Å²) < 4.78 is 5.24. The maximum Gasteiger partial charge on any atom is 0.305 e. The van der Waals surface area contributed by atoms with E-state index in [4.69, 9.17) is 4.74 Å². The zero-order chi connectivity index (χ0) is 16.6. The summed E-state index contributed by atoms with van der Waals surface area (Å²) in [7, 11) is 0. The molecular weight excluding hydrogens is 276 g/mol. The Hall–Kier alpha value is -1.12. The molecule has 0 bridgehead atoms. The highest BCUT2D eigenvalue weighted by atomic mass is 16.5. The Balaban J connectivity index is 2.65. The standard InChI is InChI=1S/C19H32O3/c1-15-7-5-8-16(2)10-11-17(20)19(3,4)13-12-18(21)22-14-6-9-15/h9,16H,5-8,10-14H2,1-4H3. The normalized spacial score (nSPS) is 26.2. The number of hydrogen-bond donors (Lipinski definition) is 0. The van der Waals surface area contributed by atoms with Crippen LogP contribution in [0.15, 0.2) is 11.6 Å². The van der Waals surface area contributed by atoms with Crippen LogP contribution in [0.4, 0.5) is 0 Å². The van der Waals surface area contributed by atoms with Crippen molar-refractivity contribution in [1.29, 1.82) is 0 Å². The van der Waals surface area contributed by atoms with E-state index < -0.39 is 5.41 Å². The average Bonchev–Trinajstić information content (AvgIpc) is 2.46. The molecule has 0 saturated heterocycles. The minimum atomic E-state index is -0.424. The largest absolute Gasteiger partial charge is 0.465 e. The second-order valence-electron chi connectivity index (χ2n) is 7.40. The highest BCUT2D eigenvalue weighted by molar-refractivity contribution is 5.84. The summed E-state index contributed by atoms with van der Waals surface area (Å²) in [5.74, 6) is 0.674. The number of cyclic esters (lactones) is 1. The van der Waals surface area contributed by atoms with Crippen molar-refractivity contribution in [2.75, 3.05) is 6.61 Å². The minimum Gasteiger partial charge on any atom is -0.465 e. The summed E-state index contributed by atoms with van der Waals surface area (Å²) in [4.78, 5) is 24.1. The quantitative estimate of drug-likeness (QED) is 0.475. The van der Waals surface area contributed by atoms with Crippen molar-refractivity contribution in [3.63, 3.8) is 0 Å². The monoisotopic (exact) mass is 308 g/mol. The molecule has 1 unspecified atom stereocenters. The van der Waals surface area contributed by atoms with E-state index in [1.807, 2.05) is 13.8 Å². The molecule has 0 aromatic heterocycles. The fourth-order valence-corrected chi connectivity index (χ4v) is 2.80. The smallest absolute Gasteiger partial charge is 0.305 e. The van der Waals surface area contributed by atoms with Crippen LogP contribution in [0.3, 0.4) is 0 Å². The van der Waals surface area contributed by atoms with E-state index in [2.05, 4.69) is 19.9 Å². The Morgan fingerprint density at radius 1 is 1.14 bits per heavy atom. The lowest BCUT2D eigenvalue weighted by molar-refractivity contribution is -0.144. The summed E-state index contributed by atoms with van der Waals surface area (Å²) in [5, 5.41) is 0. The van der Waals surface area contributed by atoms with Crippen LogP contribution < -0.4 is 0 Å². The van der Waals surface area contributed by atoms with Crippen molar-refractivity contribution >= 4 is 11.8 Å². The third kappa shape index (κ3) is 7.24. The number of Topliss-reactive ketones (excluding diaryl/α,β-unsaturated/α-hetero) is 1. The molecule has 1 atom stereocenters. The average molecular weight is 308 g/mol. The number of ketones is 1. The van der Waals surface area contributed by atoms with Gasteiger partial charge in [-0.3, -0.25) is 9.59 Å². The number of esters is 1. The van der Waals surface area contributed by atoms with E-state index in [1.165, 1.54) is 18.4 Å². The van der Waals surface area contributed by atoms with Crippen molar-refractivity contribution in [1.82, 2.24) is 0 Å². The lowest BCUT2D eigenvalue weighted by atomic mass is 9.80. The Bertz CT molecular complexity index is 407. The number of ether oxygens (including phenoxy) is 1. The molecule has 0 amide bonds. The van der Waals surface area contributed by atoms with Gasteiger partial charge in [0.1, 0.15) is 5.78 Å². The summed E-state index contributed by atoms with van der Waals surface area (Å²) in [6, 6.07) is 0. The van der Waals surface area contributed by atoms with Crippen LogP contribution in [0.5, 0.6) is 0 Å². The van der Waals surface area contributed by atoms with E-state index in [0.29, 0.717) is 31.8 Å². The second kappa shape index (κ2) is 9.12. The molecule has 0 fully saturated rings. The fraction of sp³-hybridized carbons (Fsp3) is 0.789. The number of allylic oxidation sites excluding steroid dienone is 1. The molecule has 1 aliphatic heterocycles. The van der Waals surface area contributed by atoms with E-state index >= 15 is 0 Å². The molecule has 1 rings (SSSR count). The molecule has 1 heterocycles. The first-order valence-corrected chi connectivity index (χ1v) is 8.66. The molecule has 0 aromatic carbocycles. The Kier molecular flexibility index (Phi) is 7.84. The zero-order valence-corrected chi connectivity index (χ0v) is 14.7. The molecule has 0 radical (unpaired) electrons. The summed E-state index contributed by atoms with van der Waals surface area (Å²) in [6.45, 7) is 8.72. The lowest BCUT2D eigenvalue weighted by Gasteiger charge is -2.23. The molecular formula is C19H32O3. The third-order valence-electron chi connectivity index (χ3n) is 4.71. The van der Waals surface area contributed by atoms with Gasteiger partial charge in [0.2, 0.25) is 0 Å². The maximum atomic E-state index is 12.4. The molecule has 3 heteroatoms. The molecule has 0 aromatic rings. The van der Waals surface area contributed by atoms with Gasteiger partial charge in [-0.1, -0.05) is 38.8 Å². The molecule has 0 N–H and O–H groups in total. The van der Waals surface area contributed by atoms with Crippen molar-refractivity contribution in [3.8, 4) is 0 Å². The molecule has 22 heavy (non-hydrogen) atoms. The predicted molar refractivity (Wildman–Crippen MR) is 89.6 cm³/mol. The van der Waals surface area contributed by atoms with Crippen LogP contribution >= 0.6 is 0 Å². The SMILES string of the molecule is CC1=CCCOC(=O)CCC(C)(C)C(=O)CCC(C)CCC1. The van der Waals surface area contributed by atoms with E-state index in [9.17, 15) is 9.59 Å².